The average Bonchev–Trinajstić information content (AvgIpc) is 2.77. The number of nitrogens with zero attached hydrogens (tertiary/aromatic N) is 2. The van der Waals surface area contributed by atoms with Crippen LogP contribution in [0.3, 0.4) is 0 Å². The Hall–Kier alpha value is -1.84. The minimum Gasteiger partial charge on any atom is -0.384 e. The summed E-state index contributed by atoms with van der Waals surface area (Å²) in [5.41, 5.74) is 7.55. The van der Waals surface area contributed by atoms with Gasteiger partial charge in [0.2, 0.25) is 0 Å². The summed E-state index contributed by atoms with van der Waals surface area (Å²) in [7, 11) is 0. The number of carbonyl (C=O) groups is 1. The zero-order chi connectivity index (χ0) is 12.3. The van der Waals surface area contributed by atoms with Crippen LogP contribution < -0.4 is 5.73 Å². The molecule has 1 aromatic rings. The van der Waals surface area contributed by atoms with Crippen molar-refractivity contribution in [2.45, 2.75) is 19.8 Å². The number of carbonyl (C=O) groups excluding carboxylic acids is 1. The topological polar surface area (TPSA) is 59.2 Å². The lowest BCUT2D eigenvalue weighted by atomic mass is 10.2. The summed E-state index contributed by atoms with van der Waals surface area (Å²) in [6, 6.07) is 3.34. The Morgan fingerprint density at radius 2 is 2.47 bits per heavy atom. The van der Waals surface area contributed by atoms with Gasteiger partial charge in [0, 0.05) is 24.8 Å². The molecule has 1 aliphatic heterocycles. The fourth-order valence-electron chi connectivity index (χ4n) is 2.07. The molecule has 0 bridgehead atoms. The minimum atomic E-state index is 0.0404. The van der Waals surface area contributed by atoms with Crippen molar-refractivity contribution in [2.24, 2.45) is 0 Å². The Morgan fingerprint density at radius 3 is 3.18 bits per heavy atom. The van der Waals surface area contributed by atoms with E-state index >= 15 is 0 Å². The number of nitrogen functional groups attached to an aromatic ring is 1. The summed E-state index contributed by atoms with van der Waals surface area (Å²) in [6.07, 6.45) is 5.79. The van der Waals surface area contributed by atoms with Crippen LogP contribution in [0.4, 0.5) is 5.82 Å². The van der Waals surface area contributed by atoms with Crippen LogP contribution in [0.1, 0.15) is 30.1 Å². The molecule has 2 N–H and O–H groups in total. The first-order chi connectivity index (χ1) is 8.20. The van der Waals surface area contributed by atoms with Gasteiger partial charge in [-0.3, -0.25) is 4.79 Å². The maximum absolute atomic E-state index is 12.2. The Kier molecular flexibility index (Phi) is 3.42. The van der Waals surface area contributed by atoms with E-state index in [1.54, 1.807) is 18.3 Å². The lowest BCUT2D eigenvalue weighted by molar-refractivity contribution is 0.0796. The molecule has 1 amide bonds. The van der Waals surface area contributed by atoms with Crippen molar-refractivity contribution >= 4 is 11.7 Å². The van der Waals surface area contributed by atoms with E-state index in [1.165, 1.54) is 5.57 Å². The first-order valence-electron chi connectivity index (χ1n) is 5.89. The van der Waals surface area contributed by atoms with Gasteiger partial charge in [-0.1, -0.05) is 18.6 Å². The highest BCUT2D eigenvalue weighted by Crippen LogP contribution is 2.18. The van der Waals surface area contributed by atoms with Crippen LogP contribution in [0.25, 0.3) is 0 Å². The first-order valence-corrected chi connectivity index (χ1v) is 5.89. The van der Waals surface area contributed by atoms with E-state index in [-0.39, 0.29) is 5.91 Å². The molecule has 4 heteroatoms. The number of hydrogen-bond donors (Lipinski definition) is 1. The summed E-state index contributed by atoms with van der Waals surface area (Å²) < 4.78 is 0. The lowest BCUT2D eigenvalue weighted by Crippen LogP contribution is -2.27. The fourth-order valence-corrected chi connectivity index (χ4v) is 2.07. The Morgan fingerprint density at radius 1 is 1.65 bits per heavy atom. The van der Waals surface area contributed by atoms with Crippen LogP contribution in [0.15, 0.2) is 30.0 Å². The third-order valence-electron chi connectivity index (χ3n) is 2.90. The first kappa shape index (κ1) is 11.6. The molecule has 1 aliphatic rings. The van der Waals surface area contributed by atoms with Crippen LogP contribution in [0, 0.1) is 0 Å². The molecule has 2 heterocycles. The van der Waals surface area contributed by atoms with Crippen LogP contribution in [0.2, 0.25) is 0 Å². The van der Waals surface area contributed by atoms with Crippen LogP contribution in [0.5, 0.6) is 0 Å². The molecule has 0 atom stereocenters. The number of amides is 1. The molecule has 17 heavy (non-hydrogen) atoms. The quantitative estimate of drug-likeness (QED) is 0.790. The standard InChI is InChI=1S/C13H17N3O/c1-2-3-10-5-7-16(9-10)13(17)11-4-6-15-12(14)8-11/h3-4,6,8H,2,5,7,9H2,1H3,(H2,14,15)/b10-3-. The molecule has 1 saturated heterocycles. The van der Waals surface area contributed by atoms with Gasteiger partial charge in [-0.15, -0.1) is 0 Å². The van der Waals surface area contributed by atoms with Gasteiger partial charge in [-0.2, -0.15) is 0 Å². The zero-order valence-corrected chi connectivity index (χ0v) is 10.0. The second-order valence-electron chi connectivity index (χ2n) is 4.22. The highest BCUT2D eigenvalue weighted by atomic mass is 16.2. The van der Waals surface area contributed by atoms with E-state index in [2.05, 4.69) is 18.0 Å². The molecule has 0 aliphatic carbocycles. The van der Waals surface area contributed by atoms with Gasteiger partial charge >= 0.3 is 0 Å². The van der Waals surface area contributed by atoms with Crippen molar-refractivity contribution in [2.75, 3.05) is 18.8 Å². The highest BCUT2D eigenvalue weighted by Gasteiger charge is 2.22. The van der Waals surface area contributed by atoms with Crippen molar-refractivity contribution < 1.29 is 4.79 Å². The number of nitrogens with two attached hydrogens (primary N) is 1. The number of anilines is 1. The van der Waals surface area contributed by atoms with Crippen LogP contribution >= 0.6 is 0 Å². The number of allylic oxidation sites excluding steroid dienone is 1. The predicted octanol–water partition coefficient (Wildman–Crippen LogP) is 1.85. The molecule has 0 spiro atoms. The molecule has 2 rings (SSSR count). The van der Waals surface area contributed by atoms with E-state index < -0.39 is 0 Å². The molecule has 0 unspecified atom stereocenters. The van der Waals surface area contributed by atoms with Gasteiger partial charge in [0.25, 0.3) is 5.91 Å². The number of hydrogen-bond acceptors (Lipinski definition) is 3. The molecule has 4 nitrogen and oxygen atoms in total. The normalized spacial score (nSPS) is 17.7. The second kappa shape index (κ2) is 4.99. The van der Waals surface area contributed by atoms with E-state index in [0.717, 1.165) is 25.9 Å². The summed E-state index contributed by atoms with van der Waals surface area (Å²) in [5.74, 6) is 0.429. The van der Waals surface area contributed by atoms with E-state index in [9.17, 15) is 4.79 Å². The average molecular weight is 231 g/mol. The predicted molar refractivity (Wildman–Crippen MR) is 67.5 cm³/mol. The van der Waals surface area contributed by atoms with Gasteiger partial charge < -0.3 is 10.6 Å². The Bertz CT molecular complexity index is 454. The Labute approximate surface area is 101 Å². The smallest absolute Gasteiger partial charge is 0.254 e. The van der Waals surface area contributed by atoms with Gasteiger partial charge in [-0.25, -0.2) is 4.98 Å². The third kappa shape index (κ3) is 2.64. The van der Waals surface area contributed by atoms with Crippen molar-refractivity contribution in [3.63, 3.8) is 0 Å². The van der Waals surface area contributed by atoms with Crippen LogP contribution in [-0.4, -0.2) is 28.9 Å². The molecular weight excluding hydrogens is 214 g/mol. The molecule has 1 fully saturated rings. The van der Waals surface area contributed by atoms with Crippen LogP contribution in [-0.2, 0) is 0 Å². The van der Waals surface area contributed by atoms with Crippen molar-refractivity contribution in [3.8, 4) is 0 Å². The lowest BCUT2D eigenvalue weighted by Gasteiger charge is -2.14. The van der Waals surface area contributed by atoms with E-state index in [0.29, 0.717) is 11.4 Å². The second-order valence-corrected chi connectivity index (χ2v) is 4.22. The number of rotatable bonds is 2. The molecule has 1 aromatic heterocycles. The zero-order valence-electron chi connectivity index (χ0n) is 10.0. The summed E-state index contributed by atoms with van der Waals surface area (Å²) >= 11 is 0. The number of likely N-dealkylation sites (tertiary alicyclic amines) is 1. The molecular formula is C13H17N3O. The molecule has 0 aromatic carbocycles. The van der Waals surface area contributed by atoms with Crippen molar-refractivity contribution in [1.82, 2.24) is 9.88 Å². The molecule has 0 saturated carbocycles. The van der Waals surface area contributed by atoms with Gasteiger partial charge in [0.15, 0.2) is 0 Å². The SMILES string of the molecule is CC/C=C1/CCN(C(=O)c2ccnc(N)c2)C1. The van der Waals surface area contributed by atoms with Gasteiger partial charge in [0.05, 0.1) is 0 Å². The highest BCUT2D eigenvalue weighted by molar-refractivity contribution is 5.95. The maximum Gasteiger partial charge on any atom is 0.254 e. The van der Waals surface area contributed by atoms with E-state index in [1.807, 2.05) is 4.90 Å². The Balaban J connectivity index is 2.09. The minimum absolute atomic E-state index is 0.0404. The number of pyridine rings is 1. The summed E-state index contributed by atoms with van der Waals surface area (Å²) in [4.78, 5) is 17.9. The van der Waals surface area contributed by atoms with Crippen molar-refractivity contribution in [3.05, 3.63) is 35.5 Å². The molecule has 90 valence electrons. The summed E-state index contributed by atoms with van der Waals surface area (Å²) in [6.45, 7) is 3.66. The van der Waals surface area contributed by atoms with E-state index in [4.69, 9.17) is 5.73 Å². The molecule has 0 radical (unpaired) electrons. The maximum atomic E-state index is 12.2. The number of aromatic nitrogens is 1. The monoisotopic (exact) mass is 231 g/mol. The fraction of sp³-hybridized carbons (Fsp3) is 0.385. The summed E-state index contributed by atoms with van der Waals surface area (Å²) in [5, 5.41) is 0. The third-order valence-corrected chi connectivity index (χ3v) is 2.90. The van der Waals surface area contributed by atoms with Gasteiger partial charge in [-0.05, 0) is 25.0 Å². The van der Waals surface area contributed by atoms with Crippen molar-refractivity contribution in [1.29, 1.82) is 0 Å². The van der Waals surface area contributed by atoms with Gasteiger partial charge in [0.1, 0.15) is 5.82 Å². The largest absolute Gasteiger partial charge is 0.384 e.